The molecule has 0 N–H and O–H groups in total. The monoisotopic (exact) mass is 514 g/mol. The number of ether oxygens (including phenoxy) is 1. The summed E-state index contributed by atoms with van der Waals surface area (Å²) < 4.78 is 12.8. The molecule has 3 aromatic heterocycles. The largest absolute Gasteiger partial charge is 0.421 e. The Labute approximate surface area is 220 Å². The smallest absolute Gasteiger partial charge is 0.247 e. The molecule has 10 heteroatoms. The average Bonchev–Trinajstić information content (AvgIpc) is 3.57. The number of carbonyl (C=O) groups excluding carboxylic acids is 2. The van der Waals surface area contributed by atoms with E-state index < -0.39 is 0 Å². The molecule has 4 aromatic rings. The van der Waals surface area contributed by atoms with Gasteiger partial charge in [0.1, 0.15) is 5.65 Å². The van der Waals surface area contributed by atoms with E-state index in [-0.39, 0.29) is 23.7 Å². The minimum Gasteiger partial charge on any atom is -0.421 e. The number of hydrogen-bond donors (Lipinski definition) is 0. The third kappa shape index (κ3) is 4.79. The number of amides is 2. The Morgan fingerprint density at radius 2 is 1.84 bits per heavy atom. The van der Waals surface area contributed by atoms with Gasteiger partial charge < -0.3 is 23.4 Å². The summed E-state index contributed by atoms with van der Waals surface area (Å²) in [5.74, 6) is 1.10. The summed E-state index contributed by atoms with van der Waals surface area (Å²) in [6.45, 7) is 4.53. The molecule has 1 aromatic carbocycles. The van der Waals surface area contributed by atoms with Crippen molar-refractivity contribution in [2.75, 3.05) is 31.2 Å². The second-order valence-corrected chi connectivity index (χ2v) is 9.86. The number of benzene rings is 1. The molecule has 0 radical (unpaired) electrons. The van der Waals surface area contributed by atoms with Gasteiger partial charge in [-0.2, -0.15) is 0 Å². The molecule has 0 unspecified atom stereocenters. The van der Waals surface area contributed by atoms with E-state index in [0.29, 0.717) is 63.9 Å². The Bertz CT molecular complexity index is 1440. The third-order valence-corrected chi connectivity index (χ3v) is 7.32. The van der Waals surface area contributed by atoms with Crippen LogP contribution in [0, 0.1) is 11.8 Å². The van der Waals surface area contributed by atoms with Gasteiger partial charge in [-0.15, -0.1) is 10.2 Å². The number of hydrogen-bond acceptors (Lipinski definition) is 7. The highest BCUT2D eigenvalue weighted by Gasteiger charge is 2.35. The molecular formula is C28H30N6O4. The predicted octanol–water partition coefficient (Wildman–Crippen LogP) is 3.36. The van der Waals surface area contributed by atoms with Crippen LogP contribution in [0.3, 0.4) is 0 Å². The van der Waals surface area contributed by atoms with Crippen molar-refractivity contribution in [3.8, 4) is 11.5 Å². The summed E-state index contributed by atoms with van der Waals surface area (Å²) in [7, 11) is 0. The SMILES string of the molecule is CCc1nnc(-c2ccn3cc(CN(C(=O)C4CCN(C(=O)C5COC5)CC4)c4ccccc4)nc3c2)o1. The number of rotatable bonds is 7. The van der Waals surface area contributed by atoms with Gasteiger partial charge in [-0.3, -0.25) is 9.59 Å². The number of likely N-dealkylation sites (tertiary alicyclic amines) is 1. The summed E-state index contributed by atoms with van der Waals surface area (Å²) in [4.78, 5) is 34.9. The molecule has 6 rings (SSSR count). The minimum absolute atomic E-state index is 0.0212. The van der Waals surface area contributed by atoms with E-state index in [4.69, 9.17) is 14.1 Å². The van der Waals surface area contributed by atoms with Gasteiger partial charge in [0, 0.05) is 49.1 Å². The first-order valence-electron chi connectivity index (χ1n) is 13.1. The summed E-state index contributed by atoms with van der Waals surface area (Å²) in [6.07, 6.45) is 5.83. The van der Waals surface area contributed by atoms with Gasteiger partial charge in [-0.25, -0.2) is 4.98 Å². The van der Waals surface area contributed by atoms with Gasteiger partial charge in [-0.1, -0.05) is 25.1 Å². The number of carbonyl (C=O) groups is 2. The lowest BCUT2D eigenvalue weighted by atomic mass is 9.93. The summed E-state index contributed by atoms with van der Waals surface area (Å²) in [5.41, 5.74) is 3.14. The van der Waals surface area contributed by atoms with Gasteiger partial charge >= 0.3 is 0 Å². The minimum atomic E-state index is -0.147. The van der Waals surface area contributed by atoms with Crippen molar-refractivity contribution in [2.24, 2.45) is 11.8 Å². The van der Waals surface area contributed by atoms with Gasteiger partial charge in [-0.05, 0) is 37.1 Å². The van der Waals surface area contributed by atoms with E-state index >= 15 is 0 Å². The molecule has 196 valence electrons. The molecular weight excluding hydrogens is 484 g/mol. The standard InChI is InChI=1S/C28H30N6O4/c1-2-25-30-31-26(38-25)20-10-13-33-15-22(29-24(33)14-20)16-34(23-6-4-3-5-7-23)28(36)19-8-11-32(12-9-19)27(35)21-17-37-18-21/h3-7,10,13-15,19,21H,2,8-9,11-12,16-18H2,1H3. The van der Waals surface area contributed by atoms with Crippen molar-refractivity contribution >= 4 is 23.1 Å². The third-order valence-electron chi connectivity index (χ3n) is 7.32. The van der Waals surface area contributed by atoms with E-state index in [2.05, 4.69) is 10.2 Å². The lowest BCUT2D eigenvalue weighted by Gasteiger charge is -2.37. The van der Waals surface area contributed by atoms with E-state index in [0.717, 1.165) is 22.6 Å². The van der Waals surface area contributed by atoms with E-state index in [1.54, 1.807) is 0 Å². The van der Waals surface area contributed by atoms with E-state index in [1.807, 2.05) is 76.0 Å². The van der Waals surface area contributed by atoms with Gasteiger partial charge in [0.25, 0.3) is 0 Å². The molecule has 2 aliphatic rings. The van der Waals surface area contributed by atoms with Crippen molar-refractivity contribution in [1.29, 1.82) is 0 Å². The van der Waals surface area contributed by atoms with Crippen LogP contribution in [0.4, 0.5) is 5.69 Å². The quantitative estimate of drug-likeness (QED) is 0.372. The van der Waals surface area contributed by atoms with Crippen LogP contribution in [-0.4, -0.2) is 62.6 Å². The average molecular weight is 515 g/mol. The lowest BCUT2D eigenvalue weighted by molar-refractivity contribution is -0.152. The number of anilines is 1. The molecule has 2 saturated heterocycles. The molecule has 0 saturated carbocycles. The maximum atomic E-state index is 13.8. The number of piperidine rings is 1. The fourth-order valence-electron chi connectivity index (χ4n) is 5.03. The maximum absolute atomic E-state index is 13.8. The van der Waals surface area contributed by atoms with Crippen LogP contribution in [0.5, 0.6) is 0 Å². The molecule has 10 nitrogen and oxygen atoms in total. The zero-order chi connectivity index (χ0) is 26.1. The highest BCUT2D eigenvalue weighted by Crippen LogP contribution is 2.27. The van der Waals surface area contributed by atoms with Crippen molar-refractivity contribution in [1.82, 2.24) is 24.5 Å². The zero-order valence-corrected chi connectivity index (χ0v) is 21.3. The van der Waals surface area contributed by atoms with Crippen LogP contribution >= 0.6 is 0 Å². The maximum Gasteiger partial charge on any atom is 0.247 e. The predicted molar refractivity (Wildman–Crippen MR) is 139 cm³/mol. The highest BCUT2D eigenvalue weighted by molar-refractivity contribution is 5.95. The number of para-hydroxylation sites is 1. The number of aryl methyl sites for hydroxylation is 1. The van der Waals surface area contributed by atoms with Crippen LogP contribution < -0.4 is 4.90 Å². The van der Waals surface area contributed by atoms with Gasteiger partial charge in [0.05, 0.1) is 31.4 Å². The molecule has 0 spiro atoms. The van der Waals surface area contributed by atoms with Crippen LogP contribution in [0.25, 0.3) is 17.1 Å². The van der Waals surface area contributed by atoms with Crippen LogP contribution in [0.15, 0.2) is 59.3 Å². The Hall–Kier alpha value is -4.05. The number of aromatic nitrogens is 4. The zero-order valence-electron chi connectivity index (χ0n) is 21.3. The summed E-state index contributed by atoms with van der Waals surface area (Å²) in [5, 5.41) is 8.18. The van der Waals surface area contributed by atoms with Crippen molar-refractivity contribution in [3.05, 3.63) is 66.4 Å². The first-order valence-corrected chi connectivity index (χ1v) is 13.1. The second-order valence-electron chi connectivity index (χ2n) is 9.86. The summed E-state index contributed by atoms with van der Waals surface area (Å²) in [6, 6.07) is 13.5. The van der Waals surface area contributed by atoms with Crippen molar-refractivity contribution in [2.45, 2.75) is 32.7 Å². The van der Waals surface area contributed by atoms with Crippen molar-refractivity contribution < 1.29 is 18.7 Å². The molecule has 0 bridgehead atoms. The Morgan fingerprint density at radius 1 is 1.05 bits per heavy atom. The van der Waals surface area contributed by atoms with Crippen LogP contribution in [0.2, 0.25) is 0 Å². The first kappa shape index (κ1) is 24.3. The number of imidazole rings is 1. The second kappa shape index (κ2) is 10.4. The molecule has 2 fully saturated rings. The summed E-state index contributed by atoms with van der Waals surface area (Å²) >= 11 is 0. The Morgan fingerprint density at radius 3 is 2.53 bits per heavy atom. The highest BCUT2D eigenvalue weighted by atomic mass is 16.5. The molecule has 38 heavy (non-hydrogen) atoms. The van der Waals surface area contributed by atoms with Gasteiger partial charge in [0.15, 0.2) is 0 Å². The fourth-order valence-corrected chi connectivity index (χ4v) is 5.03. The molecule has 5 heterocycles. The normalized spacial score (nSPS) is 16.5. The first-order chi connectivity index (χ1) is 18.6. The molecule has 2 amide bonds. The number of pyridine rings is 1. The molecule has 0 aliphatic carbocycles. The molecule has 0 atom stereocenters. The Kier molecular flexibility index (Phi) is 6.63. The topological polar surface area (TPSA) is 106 Å². The van der Waals surface area contributed by atoms with Gasteiger partial charge in [0.2, 0.25) is 23.6 Å². The fraction of sp³-hybridized carbons (Fsp3) is 0.393. The Balaban J connectivity index is 1.20. The van der Waals surface area contributed by atoms with E-state index in [9.17, 15) is 9.59 Å². The van der Waals surface area contributed by atoms with Crippen LogP contribution in [0.1, 0.15) is 31.4 Å². The van der Waals surface area contributed by atoms with E-state index in [1.165, 1.54) is 0 Å². The van der Waals surface area contributed by atoms with Crippen LogP contribution in [-0.2, 0) is 27.3 Å². The lowest BCUT2D eigenvalue weighted by Crippen LogP contribution is -2.49. The molecule has 2 aliphatic heterocycles. The number of fused-ring (bicyclic) bond motifs is 1. The number of nitrogens with zero attached hydrogens (tertiary/aromatic N) is 6. The van der Waals surface area contributed by atoms with Crippen molar-refractivity contribution in [3.63, 3.8) is 0 Å².